The van der Waals surface area contributed by atoms with Gasteiger partial charge < -0.3 is 15.3 Å². The Morgan fingerprint density at radius 1 is 1.48 bits per heavy atom. The molecule has 7 heteroatoms. The van der Waals surface area contributed by atoms with E-state index < -0.39 is 5.97 Å². The fraction of sp³-hybridized carbons (Fsp3) is 0.643. The summed E-state index contributed by atoms with van der Waals surface area (Å²) in [7, 11) is 0. The van der Waals surface area contributed by atoms with Gasteiger partial charge >= 0.3 is 5.97 Å². The normalized spacial score (nSPS) is 22.9. The summed E-state index contributed by atoms with van der Waals surface area (Å²) >= 11 is 1.25. The van der Waals surface area contributed by atoms with Gasteiger partial charge in [-0.15, -0.1) is 11.3 Å². The molecule has 1 aromatic heterocycles. The van der Waals surface area contributed by atoms with Crippen LogP contribution in [0.2, 0.25) is 0 Å². The lowest BCUT2D eigenvalue weighted by molar-refractivity contribution is -0.135. The van der Waals surface area contributed by atoms with Gasteiger partial charge in [0.1, 0.15) is 11.8 Å². The molecule has 1 aromatic rings. The minimum atomic E-state index is -0.535. The van der Waals surface area contributed by atoms with Crippen molar-refractivity contribution in [1.29, 1.82) is 0 Å². The minimum absolute atomic E-state index is 0.0570. The second-order valence-electron chi connectivity index (χ2n) is 5.22. The highest BCUT2D eigenvalue weighted by Gasteiger charge is 2.23. The zero-order chi connectivity index (χ0) is 15.2. The van der Waals surface area contributed by atoms with Crippen LogP contribution in [0.15, 0.2) is 10.5 Å². The number of anilines is 1. The molecule has 6 nitrogen and oxygen atoms in total. The highest BCUT2D eigenvalue weighted by Crippen LogP contribution is 2.26. The fourth-order valence-corrected chi connectivity index (χ4v) is 2.79. The Balaban J connectivity index is 2.07. The Bertz CT molecular complexity index is 507. The highest BCUT2D eigenvalue weighted by atomic mass is 32.1. The maximum atomic E-state index is 12.0. The van der Waals surface area contributed by atoms with Crippen LogP contribution in [0.3, 0.4) is 0 Å². The first kappa shape index (κ1) is 15.8. The maximum absolute atomic E-state index is 12.0. The van der Waals surface area contributed by atoms with Crippen molar-refractivity contribution in [2.75, 3.05) is 12.3 Å². The van der Waals surface area contributed by atoms with Crippen LogP contribution < -0.4 is 5.73 Å². The number of hydrogen-bond donors (Lipinski definition) is 1. The molecule has 0 atom stereocenters. The van der Waals surface area contributed by atoms with Crippen LogP contribution in [0.1, 0.15) is 45.2 Å². The van der Waals surface area contributed by atoms with E-state index in [-0.39, 0.29) is 18.4 Å². The van der Waals surface area contributed by atoms with Crippen molar-refractivity contribution < 1.29 is 14.4 Å². The molecular weight excluding hydrogens is 290 g/mol. The van der Waals surface area contributed by atoms with Crippen molar-refractivity contribution in [1.82, 2.24) is 4.98 Å². The molecule has 0 aromatic carbocycles. The molecule has 0 amide bonds. The van der Waals surface area contributed by atoms with E-state index in [2.05, 4.69) is 17.1 Å². The van der Waals surface area contributed by atoms with E-state index in [1.165, 1.54) is 11.3 Å². The third-order valence-corrected chi connectivity index (χ3v) is 4.16. The van der Waals surface area contributed by atoms with Gasteiger partial charge in [-0.25, -0.2) is 9.78 Å². The van der Waals surface area contributed by atoms with Gasteiger partial charge in [0.15, 0.2) is 5.13 Å². The average molecular weight is 311 g/mol. The third kappa shape index (κ3) is 4.42. The zero-order valence-corrected chi connectivity index (χ0v) is 13.2. The Kier molecular flexibility index (Phi) is 5.55. The van der Waals surface area contributed by atoms with Crippen molar-refractivity contribution >= 4 is 28.1 Å². The first-order valence-electron chi connectivity index (χ1n) is 7.22. The molecule has 0 radical (unpaired) electrons. The Labute approximate surface area is 128 Å². The van der Waals surface area contributed by atoms with Crippen molar-refractivity contribution in [3.63, 3.8) is 0 Å². The van der Waals surface area contributed by atoms with Gasteiger partial charge in [-0.2, -0.15) is 0 Å². The summed E-state index contributed by atoms with van der Waals surface area (Å²) in [5.74, 6) is 0.198. The van der Waals surface area contributed by atoms with E-state index in [0.717, 1.165) is 31.6 Å². The molecule has 2 N–H and O–H groups in total. The van der Waals surface area contributed by atoms with Crippen LogP contribution in [0, 0.1) is 5.92 Å². The van der Waals surface area contributed by atoms with Crippen molar-refractivity contribution in [3.05, 3.63) is 11.1 Å². The van der Waals surface area contributed by atoms with Crippen molar-refractivity contribution in [2.24, 2.45) is 11.1 Å². The molecule has 0 aliphatic heterocycles. The van der Waals surface area contributed by atoms with Gasteiger partial charge in [-0.3, -0.25) is 0 Å². The largest absolute Gasteiger partial charge is 0.461 e. The van der Waals surface area contributed by atoms with Crippen LogP contribution in [-0.4, -0.2) is 29.4 Å². The number of carbonyl (C=O) groups excluding carboxylic acids is 1. The second kappa shape index (κ2) is 7.40. The molecule has 0 saturated heterocycles. The van der Waals surface area contributed by atoms with Gasteiger partial charge in [-0.05, 0) is 38.5 Å². The predicted molar refractivity (Wildman–Crippen MR) is 82.2 cm³/mol. The zero-order valence-electron chi connectivity index (χ0n) is 12.4. The quantitative estimate of drug-likeness (QED) is 0.513. The molecule has 1 aliphatic carbocycles. The Morgan fingerprint density at radius 3 is 2.76 bits per heavy atom. The molecule has 21 heavy (non-hydrogen) atoms. The molecule has 0 unspecified atom stereocenters. The van der Waals surface area contributed by atoms with Gasteiger partial charge in [0.25, 0.3) is 0 Å². The number of rotatable bonds is 5. The number of aromatic nitrogens is 1. The topological polar surface area (TPSA) is 86.8 Å². The van der Waals surface area contributed by atoms with E-state index in [9.17, 15) is 4.79 Å². The van der Waals surface area contributed by atoms with Crippen LogP contribution in [0.5, 0.6) is 0 Å². The van der Waals surface area contributed by atoms with Gasteiger partial charge in [-0.1, -0.05) is 12.1 Å². The lowest BCUT2D eigenvalue weighted by atomic mass is 9.89. The van der Waals surface area contributed by atoms with Gasteiger partial charge in [0, 0.05) is 5.38 Å². The number of carbonyl (C=O) groups is 1. The van der Waals surface area contributed by atoms with Crippen molar-refractivity contribution in [3.8, 4) is 0 Å². The number of hydrogen-bond acceptors (Lipinski definition) is 7. The van der Waals surface area contributed by atoms with Crippen LogP contribution in [0.4, 0.5) is 5.13 Å². The van der Waals surface area contributed by atoms with Crippen LogP contribution in [-0.2, 0) is 14.4 Å². The summed E-state index contributed by atoms with van der Waals surface area (Å²) in [5.41, 5.74) is 6.09. The number of nitrogens with two attached hydrogens (primary N) is 1. The summed E-state index contributed by atoms with van der Waals surface area (Å²) in [6, 6.07) is 0. The number of nitrogen functional groups attached to an aromatic ring is 1. The molecule has 2 rings (SSSR count). The third-order valence-electron chi connectivity index (χ3n) is 3.49. The minimum Gasteiger partial charge on any atom is -0.461 e. The molecule has 1 aliphatic rings. The molecule has 1 saturated carbocycles. The molecule has 0 bridgehead atoms. The van der Waals surface area contributed by atoms with E-state index in [1.807, 2.05) is 0 Å². The summed E-state index contributed by atoms with van der Waals surface area (Å²) in [6.07, 6.45) is 4.22. The fourth-order valence-electron chi connectivity index (χ4n) is 2.25. The molecule has 1 heterocycles. The van der Waals surface area contributed by atoms with Crippen LogP contribution >= 0.6 is 11.3 Å². The molecular formula is C14H21N3O3S. The molecule has 1 fully saturated rings. The summed E-state index contributed by atoms with van der Waals surface area (Å²) in [4.78, 5) is 21.6. The van der Waals surface area contributed by atoms with Crippen molar-refractivity contribution in [2.45, 2.75) is 45.6 Å². The number of ether oxygens (including phenoxy) is 1. The Hall–Kier alpha value is -1.63. The molecule has 0 spiro atoms. The number of nitrogens with zero attached hydrogens (tertiary/aromatic N) is 2. The SMILES string of the molecule is CCOC(=O)/C(=N\O[C@H]1CC[C@@H](C)CC1)c1csc(N)n1. The first-order chi connectivity index (χ1) is 10.1. The smallest absolute Gasteiger partial charge is 0.362 e. The number of oxime groups is 1. The molecule has 116 valence electrons. The average Bonchev–Trinajstić information content (AvgIpc) is 2.88. The Morgan fingerprint density at radius 2 is 2.19 bits per heavy atom. The first-order valence-corrected chi connectivity index (χ1v) is 8.10. The predicted octanol–water partition coefficient (Wildman–Crippen LogP) is 2.59. The van der Waals surface area contributed by atoms with E-state index in [1.54, 1.807) is 12.3 Å². The summed E-state index contributed by atoms with van der Waals surface area (Å²) < 4.78 is 5.00. The monoisotopic (exact) mass is 311 g/mol. The number of esters is 1. The lowest BCUT2D eigenvalue weighted by Gasteiger charge is -2.24. The maximum Gasteiger partial charge on any atom is 0.362 e. The summed E-state index contributed by atoms with van der Waals surface area (Å²) in [5, 5.41) is 6.07. The van der Waals surface area contributed by atoms with Crippen LogP contribution in [0.25, 0.3) is 0 Å². The van der Waals surface area contributed by atoms with E-state index in [0.29, 0.717) is 10.8 Å². The summed E-state index contributed by atoms with van der Waals surface area (Å²) in [6.45, 7) is 4.26. The number of thiazole rings is 1. The standard InChI is InChI=1S/C14H21N3O3S/c1-3-19-13(18)12(11-8-21-14(15)16-11)17-20-10-6-4-9(2)5-7-10/h8-10H,3-7H2,1-2H3,(H2,15,16)/b17-12-/t9-,10+. The highest BCUT2D eigenvalue weighted by molar-refractivity contribution is 7.13. The van der Waals surface area contributed by atoms with Gasteiger partial charge in [0.05, 0.1) is 6.61 Å². The van der Waals surface area contributed by atoms with E-state index >= 15 is 0 Å². The van der Waals surface area contributed by atoms with Gasteiger partial charge in [0.2, 0.25) is 5.71 Å². The lowest BCUT2D eigenvalue weighted by Crippen LogP contribution is -2.23. The second-order valence-corrected chi connectivity index (χ2v) is 6.11. The van der Waals surface area contributed by atoms with E-state index in [4.69, 9.17) is 15.3 Å².